The lowest BCUT2D eigenvalue weighted by molar-refractivity contribution is -0.120. The number of carbonyl (C=O) groups excluding carboxylic acids is 1. The molecule has 0 atom stereocenters. The molecule has 5 heteroatoms. The molecule has 1 amide bonds. The van der Waals surface area contributed by atoms with E-state index in [0.29, 0.717) is 32.8 Å². The number of ether oxygens (including phenoxy) is 3. The largest absolute Gasteiger partial charge is 0.382 e. The van der Waals surface area contributed by atoms with Gasteiger partial charge in [-0.15, -0.1) is 0 Å². The van der Waals surface area contributed by atoms with Crippen LogP contribution in [0.3, 0.4) is 0 Å². The van der Waals surface area contributed by atoms with Crippen molar-refractivity contribution in [3.05, 3.63) is 0 Å². The lowest BCUT2D eigenvalue weighted by Gasteiger charge is -2.05. The lowest BCUT2D eigenvalue weighted by Crippen LogP contribution is -2.16. The first kappa shape index (κ1) is 16.4. The van der Waals surface area contributed by atoms with Crippen LogP contribution in [0.25, 0.3) is 0 Å². The number of methoxy groups -OCH3 is 1. The molecule has 0 aliphatic rings. The van der Waals surface area contributed by atoms with E-state index in [0.717, 1.165) is 25.9 Å². The van der Waals surface area contributed by atoms with Crippen molar-refractivity contribution < 1.29 is 19.0 Å². The van der Waals surface area contributed by atoms with Gasteiger partial charge in [0.15, 0.2) is 0 Å². The fourth-order valence-corrected chi connectivity index (χ4v) is 1.26. The molecule has 0 unspecified atom stereocenters. The molecule has 1 N–H and O–H groups in total. The molecule has 0 radical (unpaired) electrons. The van der Waals surface area contributed by atoms with Crippen molar-refractivity contribution in [3.8, 4) is 0 Å². The number of hydrogen-bond acceptors (Lipinski definition) is 4. The van der Waals surface area contributed by atoms with E-state index in [1.165, 1.54) is 0 Å². The summed E-state index contributed by atoms with van der Waals surface area (Å²) >= 11 is 0. The van der Waals surface area contributed by atoms with Crippen LogP contribution >= 0.6 is 0 Å². The molecule has 17 heavy (non-hydrogen) atoms. The number of carbonyl (C=O) groups is 1. The van der Waals surface area contributed by atoms with Gasteiger partial charge in [-0.2, -0.15) is 0 Å². The van der Waals surface area contributed by atoms with Gasteiger partial charge in [-0.25, -0.2) is 0 Å². The monoisotopic (exact) mass is 247 g/mol. The zero-order chi connectivity index (χ0) is 12.8. The molecule has 0 aromatic rings. The fourth-order valence-electron chi connectivity index (χ4n) is 1.26. The zero-order valence-electron chi connectivity index (χ0n) is 11.0. The highest BCUT2D eigenvalue weighted by Gasteiger charge is 1.97. The van der Waals surface area contributed by atoms with Gasteiger partial charge < -0.3 is 19.5 Å². The van der Waals surface area contributed by atoms with Gasteiger partial charge in [-0.1, -0.05) is 6.42 Å². The third kappa shape index (κ3) is 13.3. The van der Waals surface area contributed by atoms with Crippen LogP contribution in [-0.4, -0.2) is 53.1 Å². The minimum Gasteiger partial charge on any atom is -0.382 e. The van der Waals surface area contributed by atoms with E-state index in [4.69, 9.17) is 14.2 Å². The summed E-state index contributed by atoms with van der Waals surface area (Å²) in [4.78, 5) is 10.9. The number of unbranched alkanes of at least 4 members (excludes halogenated alkanes) is 2. The maximum absolute atomic E-state index is 10.9. The maximum atomic E-state index is 10.9. The molecule has 0 saturated heterocycles. The summed E-state index contributed by atoms with van der Waals surface area (Å²) < 4.78 is 15.5. The molecule has 0 heterocycles. The van der Waals surface area contributed by atoms with Crippen molar-refractivity contribution in [1.29, 1.82) is 0 Å². The second-order valence-corrected chi connectivity index (χ2v) is 3.70. The van der Waals surface area contributed by atoms with E-state index in [-0.39, 0.29) is 5.91 Å². The molecule has 0 aromatic carbocycles. The summed E-state index contributed by atoms with van der Waals surface area (Å²) in [5.74, 6) is 0.109. The number of amides is 1. The maximum Gasteiger partial charge on any atom is 0.219 e. The Balaban J connectivity index is 2.96. The summed E-state index contributed by atoms with van der Waals surface area (Å²) in [5.41, 5.74) is 0. The summed E-state index contributed by atoms with van der Waals surface area (Å²) in [7, 11) is 3.31. The van der Waals surface area contributed by atoms with Crippen molar-refractivity contribution in [2.24, 2.45) is 0 Å². The second-order valence-electron chi connectivity index (χ2n) is 3.70. The smallest absolute Gasteiger partial charge is 0.219 e. The van der Waals surface area contributed by atoms with Crippen molar-refractivity contribution in [2.45, 2.75) is 25.7 Å². The first-order valence-electron chi connectivity index (χ1n) is 6.16. The Labute approximate surface area is 104 Å². The van der Waals surface area contributed by atoms with E-state index in [1.54, 1.807) is 14.2 Å². The van der Waals surface area contributed by atoms with Gasteiger partial charge in [0.05, 0.1) is 26.4 Å². The SMILES string of the molecule is CNC(=O)CCCCCOCCOCCOC. The minimum atomic E-state index is 0.109. The molecular weight excluding hydrogens is 222 g/mol. The molecule has 0 spiro atoms. The number of hydrogen-bond donors (Lipinski definition) is 1. The molecule has 5 nitrogen and oxygen atoms in total. The van der Waals surface area contributed by atoms with Gasteiger partial charge in [0.25, 0.3) is 0 Å². The van der Waals surface area contributed by atoms with Crippen LogP contribution in [0, 0.1) is 0 Å². The van der Waals surface area contributed by atoms with Gasteiger partial charge in [0.1, 0.15) is 0 Å². The second kappa shape index (κ2) is 13.4. The molecule has 0 fully saturated rings. The summed E-state index contributed by atoms with van der Waals surface area (Å²) in [6.07, 6.45) is 3.55. The molecule has 0 aliphatic heterocycles. The Hall–Kier alpha value is -0.650. The lowest BCUT2D eigenvalue weighted by atomic mass is 10.2. The van der Waals surface area contributed by atoms with Crippen LogP contribution in [0.1, 0.15) is 25.7 Å². The van der Waals surface area contributed by atoms with E-state index in [2.05, 4.69) is 5.32 Å². The van der Waals surface area contributed by atoms with Crippen LogP contribution in [0.15, 0.2) is 0 Å². The first-order valence-corrected chi connectivity index (χ1v) is 6.16. The average molecular weight is 247 g/mol. The van der Waals surface area contributed by atoms with E-state index < -0.39 is 0 Å². The average Bonchev–Trinajstić information content (AvgIpc) is 2.35. The molecule has 0 saturated carbocycles. The summed E-state index contributed by atoms with van der Waals surface area (Å²) in [6, 6.07) is 0. The predicted octanol–water partition coefficient (Wildman–Crippen LogP) is 0.972. The normalized spacial score (nSPS) is 10.5. The minimum absolute atomic E-state index is 0.109. The quantitative estimate of drug-likeness (QED) is 0.522. The molecule has 0 bridgehead atoms. The summed E-state index contributed by atoms with van der Waals surface area (Å²) in [5, 5.41) is 2.60. The van der Waals surface area contributed by atoms with Crippen LogP contribution in [0.2, 0.25) is 0 Å². The van der Waals surface area contributed by atoms with Crippen LogP contribution < -0.4 is 5.32 Å². The molecule has 0 aromatic heterocycles. The van der Waals surface area contributed by atoms with E-state index in [9.17, 15) is 4.79 Å². The zero-order valence-corrected chi connectivity index (χ0v) is 11.0. The van der Waals surface area contributed by atoms with Gasteiger partial charge in [0, 0.05) is 27.2 Å². The highest BCUT2D eigenvalue weighted by molar-refractivity contribution is 5.75. The van der Waals surface area contributed by atoms with Crippen LogP contribution in [-0.2, 0) is 19.0 Å². The van der Waals surface area contributed by atoms with E-state index >= 15 is 0 Å². The first-order chi connectivity index (χ1) is 8.31. The van der Waals surface area contributed by atoms with Crippen LogP contribution in [0.5, 0.6) is 0 Å². The van der Waals surface area contributed by atoms with Gasteiger partial charge in [-0.05, 0) is 12.8 Å². The van der Waals surface area contributed by atoms with Crippen molar-refractivity contribution >= 4 is 5.91 Å². The van der Waals surface area contributed by atoms with E-state index in [1.807, 2.05) is 0 Å². The van der Waals surface area contributed by atoms with Crippen molar-refractivity contribution in [3.63, 3.8) is 0 Å². The van der Waals surface area contributed by atoms with Gasteiger partial charge in [0.2, 0.25) is 5.91 Å². The highest BCUT2D eigenvalue weighted by atomic mass is 16.5. The molecule has 0 rings (SSSR count). The van der Waals surface area contributed by atoms with Crippen molar-refractivity contribution in [1.82, 2.24) is 5.32 Å². The highest BCUT2D eigenvalue weighted by Crippen LogP contribution is 1.99. The van der Waals surface area contributed by atoms with Gasteiger partial charge >= 0.3 is 0 Å². The molecular formula is C12H25NO4. The third-order valence-electron chi connectivity index (χ3n) is 2.28. The Morgan fingerprint density at radius 1 is 0.941 bits per heavy atom. The Bertz CT molecular complexity index is 176. The third-order valence-corrected chi connectivity index (χ3v) is 2.28. The molecule has 102 valence electrons. The van der Waals surface area contributed by atoms with Crippen LogP contribution in [0.4, 0.5) is 0 Å². The molecule has 0 aliphatic carbocycles. The standard InChI is InChI=1S/C12H25NO4/c1-13-12(14)6-4-3-5-7-16-10-11-17-9-8-15-2/h3-11H2,1-2H3,(H,13,14). The predicted molar refractivity (Wildman–Crippen MR) is 66.0 cm³/mol. The van der Waals surface area contributed by atoms with Gasteiger partial charge in [-0.3, -0.25) is 4.79 Å². The number of rotatable bonds is 12. The Morgan fingerprint density at radius 3 is 2.24 bits per heavy atom. The Kier molecular flexibility index (Phi) is 12.9. The topological polar surface area (TPSA) is 56.8 Å². The summed E-state index contributed by atoms with van der Waals surface area (Å²) in [6.45, 7) is 3.22. The number of nitrogens with one attached hydrogen (secondary N) is 1. The van der Waals surface area contributed by atoms with Crippen molar-refractivity contribution in [2.75, 3.05) is 47.2 Å². The fraction of sp³-hybridized carbons (Fsp3) is 0.917. The Morgan fingerprint density at radius 2 is 1.59 bits per heavy atom.